The van der Waals surface area contributed by atoms with Crippen LogP contribution in [0.4, 0.5) is 5.13 Å². The second-order valence-electron chi connectivity index (χ2n) is 6.10. The lowest BCUT2D eigenvalue weighted by molar-refractivity contribution is -0.116. The Morgan fingerprint density at radius 1 is 1.15 bits per heavy atom. The van der Waals surface area contributed by atoms with Crippen LogP contribution in [0.1, 0.15) is 29.9 Å². The molecule has 0 radical (unpaired) electrons. The fraction of sp³-hybridized carbons (Fsp3) is 0.421. The summed E-state index contributed by atoms with van der Waals surface area (Å²) in [7, 11) is 0. The highest BCUT2D eigenvalue weighted by Crippen LogP contribution is 2.15. The highest BCUT2D eigenvalue weighted by molar-refractivity contribution is 7.13. The molecule has 0 aliphatic carbocycles. The molecule has 0 unspecified atom stereocenters. The van der Waals surface area contributed by atoms with Crippen LogP contribution in [0.3, 0.4) is 0 Å². The Bertz CT molecular complexity index is 759. The van der Waals surface area contributed by atoms with E-state index in [9.17, 15) is 9.59 Å². The van der Waals surface area contributed by atoms with Crippen molar-refractivity contribution in [3.8, 4) is 0 Å². The molecule has 27 heavy (non-hydrogen) atoms. The quantitative estimate of drug-likeness (QED) is 0.689. The molecule has 2 aromatic rings. The van der Waals surface area contributed by atoms with E-state index in [0.29, 0.717) is 28.8 Å². The van der Waals surface area contributed by atoms with Gasteiger partial charge >= 0.3 is 0 Å². The third kappa shape index (κ3) is 6.61. The second kappa shape index (κ2) is 10.4. The summed E-state index contributed by atoms with van der Waals surface area (Å²) in [5.74, 6) is -0.449. The van der Waals surface area contributed by atoms with E-state index in [1.807, 2.05) is 12.3 Å². The van der Waals surface area contributed by atoms with E-state index in [-0.39, 0.29) is 18.4 Å². The van der Waals surface area contributed by atoms with E-state index in [1.165, 1.54) is 11.3 Å². The number of hydrogen-bond acceptors (Lipinski definition) is 5. The Morgan fingerprint density at radius 2 is 1.81 bits per heavy atom. The number of aryl methyl sites for hydroxylation is 1. The van der Waals surface area contributed by atoms with Gasteiger partial charge in [0, 0.05) is 29.1 Å². The average molecular weight is 409 g/mol. The predicted octanol–water partition coefficient (Wildman–Crippen LogP) is 3.53. The number of amides is 2. The SMILES string of the molecule is CCN(CC)CCN(CC(=O)Nc1nc(C)cs1)C(=O)c1ccc(Cl)cc1. The minimum absolute atomic E-state index is 0.0264. The van der Waals surface area contributed by atoms with Gasteiger partial charge in [0.05, 0.1) is 5.69 Å². The standard InChI is InChI=1S/C19H25ClN4O2S/c1-4-23(5-2)10-11-24(18(26)15-6-8-16(20)9-7-15)12-17(25)22-19-21-14(3)13-27-19/h6-9,13H,4-5,10-12H2,1-3H3,(H,21,22,25). The lowest BCUT2D eigenvalue weighted by Gasteiger charge is -2.26. The first-order valence-electron chi connectivity index (χ1n) is 8.92. The number of nitrogens with one attached hydrogen (secondary N) is 1. The summed E-state index contributed by atoms with van der Waals surface area (Å²) in [4.78, 5) is 33.4. The number of halogens is 1. The van der Waals surface area contributed by atoms with E-state index in [2.05, 4.69) is 29.0 Å². The Morgan fingerprint density at radius 3 is 2.37 bits per heavy atom. The molecule has 146 valence electrons. The monoisotopic (exact) mass is 408 g/mol. The summed E-state index contributed by atoms with van der Waals surface area (Å²) >= 11 is 7.28. The summed E-state index contributed by atoms with van der Waals surface area (Å²) in [6.45, 7) is 8.95. The molecule has 2 rings (SSSR count). The van der Waals surface area contributed by atoms with Gasteiger partial charge in [-0.2, -0.15) is 0 Å². The minimum atomic E-state index is -0.258. The van der Waals surface area contributed by atoms with Crippen LogP contribution in [-0.4, -0.2) is 59.3 Å². The summed E-state index contributed by atoms with van der Waals surface area (Å²) in [6, 6.07) is 6.71. The van der Waals surface area contributed by atoms with Crippen LogP contribution in [0.25, 0.3) is 0 Å². The molecule has 6 nitrogen and oxygen atoms in total. The van der Waals surface area contributed by atoms with E-state index in [1.54, 1.807) is 29.2 Å². The van der Waals surface area contributed by atoms with Crippen molar-refractivity contribution in [1.29, 1.82) is 0 Å². The zero-order chi connectivity index (χ0) is 19.8. The first kappa shape index (κ1) is 21.3. The Labute approximate surface area is 169 Å². The molecule has 0 saturated heterocycles. The number of rotatable bonds is 9. The van der Waals surface area contributed by atoms with Gasteiger partial charge in [-0.05, 0) is 44.3 Å². The van der Waals surface area contributed by atoms with E-state index in [0.717, 1.165) is 18.8 Å². The summed E-state index contributed by atoms with van der Waals surface area (Å²) in [5.41, 5.74) is 1.36. The zero-order valence-corrected chi connectivity index (χ0v) is 17.4. The van der Waals surface area contributed by atoms with Crippen LogP contribution < -0.4 is 5.32 Å². The van der Waals surface area contributed by atoms with Crippen LogP contribution in [-0.2, 0) is 4.79 Å². The molecule has 0 fully saturated rings. The molecule has 8 heteroatoms. The van der Waals surface area contributed by atoms with Gasteiger partial charge < -0.3 is 15.1 Å². The smallest absolute Gasteiger partial charge is 0.254 e. The van der Waals surface area contributed by atoms with E-state index < -0.39 is 0 Å². The zero-order valence-electron chi connectivity index (χ0n) is 15.9. The molecule has 1 aromatic heterocycles. The van der Waals surface area contributed by atoms with Gasteiger partial charge in [-0.15, -0.1) is 11.3 Å². The highest BCUT2D eigenvalue weighted by atomic mass is 35.5. The van der Waals surface area contributed by atoms with Gasteiger partial charge in [0.25, 0.3) is 5.91 Å². The maximum absolute atomic E-state index is 12.9. The van der Waals surface area contributed by atoms with Crippen LogP contribution in [0.15, 0.2) is 29.6 Å². The van der Waals surface area contributed by atoms with Crippen LogP contribution in [0, 0.1) is 6.92 Å². The fourth-order valence-corrected chi connectivity index (χ4v) is 3.40. The number of benzene rings is 1. The van der Waals surface area contributed by atoms with E-state index in [4.69, 9.17) is 11.6 Å². The Kier molecular flexibility index (Phi) is 8.22. The van der Waals surface area contributed by atoms with Gasteiger partial charge in [0.2, 0.25) is 5.91 Å². The first-order valence-corrected chi connectivity index (χ1v) is 10.2. The summed E-state index contributed by atoms with van der Waals surface area (Å²) < 4.78 is 0. The maximum atomic E-state index is 12.9. The molecule has 1 heterocycles. The minimum Gasteiger partial charge on any atom is -0.328 e. The van der Waals surface area contributed by atoms with Crippen molar-refractivity contribution in [2.45, 2.75) is 20.8 Å². The topological polar surface area (TPSA) is 65.5 Å². The Balaban J connectivity index is 2.08. The molecule has 1 N–H and O–H groups in total. The number of carbonyl (C=O) groups is 2. The third-order valence-electron chi connectivity index (χ3n) is 4.16. The Hall–Kier alpha value is -1.96. The summed E-state index contributed by atoms with van der Waals surface area (Å²) in [6.07, 6.45) is 0. The highest BCUT2D eigenvalue weighted by Gasteiger charge is 2.20. The molecule has 0 spiro atoms. The first-order chi connectivity index (χ1) is 12.9. The van der Waals surface area contributed by atoms with Gasteiger partial charge in [0.15, 0.2) is 5.13 Å². The number of aromatic nitrogens is 1. The lowest BCUT2D eigenvalue weighted by Crippen LogP contribution is -2.42. The number of nitrogens with zero attached hydrogens (tertiary/aromatic N) is 3. The molecule has 0 aliphatic heterocycles. The molecule has 0 bridgehead atoms. The lowest BCUT2D eigenvalue weighted by atomic mass is 10.2. The van der Waals surface area contributed by atoms with Crippen molar-refractivity contribution in [2.24, 2.45) is 0 Å². The van der Waals surface area contributed by atoms with Crippen molar-refractivity contribution in [3.05, 3.63) is 45.9 Å². The number of thiazole rings is 1. The number of likely N-dealkylation sites (N-methyl/N-ethyl adjacent to an activating group) is 1. The van der Waals surface area contributed by atoms with Crippen LogP contribution in [0.5, 0.6) is 0 Å². The molecular formula is C19H25ClN4O2S. The molecule has 0 aliphatic rings. The van der Waals surface area contributed by atoms with Crippen molar-refractivity contribution in [1.82, 2.24) is 14.8 Å². The largest absolute Gasteiger partial charge is 0.328 e. The molecule has 0 atom stereocenters. The van der Waals surface area contributed by atoms with Gasteiger partial charge in [-0.3, -0.25) is 9.59 Å². The number of carbonyl (C=O) groups excluding carboxylic acids is 2. The molecular weight excluding hydrogens is 384 g/mol. The van der Waals surface area contributed by atoms with Crippen molar-refractivity contribution < 1.29 is 9.59 Å². The van der Waals surface area contributed by atoms with Crippen LogP contribution in [0.2, 0.25) is 5.02 Å². The predicted molar refractivity (Wildman–Crippen MR) is 111 cm³/mol. The third-order valence-corrected chi connectivity index (χ3v) is 5.29. The normalized spacial score (nSPS) is 10.9. The summed E-state index contributed by atoms with van der Waals surface area (Å²) in [5, 5.41) is 5.74. The average Bonchev–Trinajstić information content (AvgIpc) is 3.06. The van der Waals surface area contributed by atoms with Gasteiger partial charge in [-0.25, -0.2) is 4.98 Å². The van der Waals surface area contributed by atoms with Gasteiger partial charge in [-0.1, -0.05) is 25.4 Å². The molecule has 1 aromatic carbocycles. The van der Waals surface area contributed by atoms with Crippen molar-refractivity contribution >= 4 is 39.9 Å². The maximum Gasteiger partial charge on any atom is 0.254 e. The number of hydrogen-bond donors (Lipinski definition) is 1. The number of anilines is 1. The van der Waals surface area contributed by atoms with Crippen molar-refractivity contribution in [2.75, 3.05) is 38.0 Å². The van der Waals surface area contributed by atoms with Crippen LogP contribution >= 0.6 is 22.9 Å². The second-order valence-corrected chi connectivity index (χ2v) is 7.40. The van der Waals surface area contributed by atoms with E-state index >= 15 is 0 Å². The molecule has 0 saturated carbocycles. The molecule has 2 amide bonds. The van der Waals surface area contributed by atoms with Crippen molar-refractivity contribution in [3.63, 3.8) is 0 Å². The fourth-order valence-electron chi connectivity index (χ4n) is 2.57. The van der Waals surface area contributed by atoms with Gasteiger partial charge in [0.1, 0.15) is 6.54 Å².